The van der Waals surface area contributed by atoms with Crippen molar-refractivity contribution >= 4 is 51.2 Å². The third-order valence-electron chi connectivity index (χ3n) is 0. The van der Waals surface area contributed by atoms with Crippen LogP contribution in [-0.2, 0) is 88.8 Å². The zero-order valence-corrected chi connectivity index (χ0v) is 40.3. The van der Waals surface area contributed by atoms with Crippen molar-refractivity contribution in [1.29, 1.82) is 0 Å². The van der Waals surface area contributed by atoms with Gasteiger partial charge in [-0.25, -0.2) is 0 Å². The predicted octanol–water partition coefficient (Wildman–Crippen LogP) is -11.6. The van der Waals surface area contributed by atoms with Gasteiger partial charge in [0.25, 0.3) is 0 Å². The van der Waals surface area contributed by atoms with E-state index >= 15 is 0 Å². The van der Waals surface area contributed by atoms with Crippen molar-refractivity contribution in [1.82, 2.24) is 0 Å². The van der Waals surface area contributed by atoms with E-state index in [1.54, 1.807) is 83.1 Å². The topological polar surface area (TPSA) is 391 Å². The molecule has 0 fully saturated rings. The first-order valence-corrected chi connectivity index (χ1v) is 12.3. The minimum absolute atomic E-state index is 0. The van der Waals surface area contributed by atoms with Crippen molar-refractivity contribution in [3.05, 3.63) is 0 Å². The first kappa shape index (κ1) is 104. The second kappa shape index (κ2) is 110. The summed E-state index contributed by atoms with van der Waals surface area (Å²) in [6.07, 6.45) is -2.50. The van der Waals surface area contributed by atoms with E-state index in [-0.39, 0.29) is 96.9 Å². The number of aliphatic carboxylic acids is 4. The van der Waals surface area contributed by atoms with Crippen LogP contribution in [0.3, 0.4) is 0 Å². The standard InChI is InChI=1S/6C3H7O.4C2H4O2.2O2.Pb.2Ti.Zr/c6*1-3(2)4;4*1-2(3)4;2*1-2;;;;/h6*3H,1-2H3;4*1H3,(H,3,4);;;;;;/q6*-1;;;;;2*-2;+2;3*+4/p-4. The van der Waals surface area contributed by atoms with Crippen LogP contribution in [0.4, 0.5) is 0 Å². The molecule has 0 atom stereocenters. The van der Waals surface area contributed by atoms with Gasteiger partial charge in [-0.3, -0.25) is 0 Å². The summed E-state index contributed by atoms with van der Waals surface area (Å²) in [5, 5.41) is 121. The van der Waals surface area contributed by atoms with Crippen LogP contribution in [-0.4, -0.2) is 87.8 Å². The number of carboxylic acid groups (broad SMARTS) is 4. The fraction of sp³-hybridized carbons (Fsp3) is 0.846. The normalized spacial score (nSPS) is 6.83. The monoisotopic (exact) mass is 1050 g/mol. The van der Waals surface area contributed by atoms with Gasteiger partial charge in [0.2, 0.25) is 0 Å². The Morgan fingerprint density at radius 2 is 0.333 bits per heavy atom. The third kappa shape index (κ3) is 192000. The summed E-state index contributed by atoms with van der Waals surface area (Å²) in [4.78, 5) is 35.6. The molecule has 0 saturated heterocycles. The van der Waals surface area contributed by atoms with E-state index in [0.717, 1.165) is 27.7 Å². The average molecular weight is 1050 g/mol. The molecule has 0 bridgehead atoms. The molecule has 2 radical (unpaired) electrons. The molecule has 0 spiro atoms. The summed E-state index contributed by atoms with van der Waals surface area (Å²) in [6.45, 7) is 23.2. The molecule has 18 nitrogen and oxygen atoms in total. The number of rotatable bonds is 0. The van der Waals surface area contributed by atoms with E-state index in [0.29, 0.717) is 0 Å². The van der Waals surface area contributed by atoms with Gasteiger partial charge in [-0.2, -0.15) is 0 Å². The maximum atomic E-state index is 9.53. The van der Waals surface area contributed by atoms with Crippen molar-refractivity contribution < 1.29 is 161 Å². The minimum Gasteiger partial charge on any atom is -1.00 e. The molecule has 0 aromatic rings. The fourth-order valence-electron chi connectivity index (χ4n) is 0. The van der Waals surface area contributed by atoms with E-state index in [9.17, 15) is 30.6 Å². The summed E-state index contributed by atoms with van der Waals surface area (Å²) in [7, 11) is 0. The molecular formula is C26H54O18PbTi2Zr. The van der Waals surface area contributed by atoms with Gasteiger partial charge in [0.1, 0.15) is 0 Å². The van der Waals surface area contributed by atoms with Crippen molar-refractivity contribution in [3.8, 4) is 0 Å². The largest absolute Gasteiger partial charge is 4.00 e. The summed E-state index contributed by atoms with van der Waals surface area (Å²) >= 11 is 0. The van der Waals surface area contributed by atoms with Crippen LogP contribution in [0.25, 0.3) is 0 Å². The predicted molar refractivity (Wildman–Crippen MR) is 139 cm³/mol. The number of hydrogen-bond acceptors (Lipinski definition) is 18. The van der Waals surface area contributed by atoms with E-state index in [1.807, 2.05) is 0 Å². The Morgan fingerprint density at radius 1 is 0.333 bits per heavy atom. The summed E-state index contributed by atoms with van der Waals surface area (Å²) < 4.78 is 0. The van der Waals surface area contributed by atoms with Crippen molar-refractivity contribution in [2.24, 2.45) is 0 Å². The Kier molecular flexibility index (Phi) is 238. The van der Waals surface area contributed by atoms with Crippen LogP contribution >= 0.6 is 0 Å². The van der Waals surface area contributed by atoms with Gasteiger partial charge >= 0.3 is 96.9 Å². The van der Waals surface area contributed by atoms with Crippen LogP contribution in [0, 0.1) is 0 Å². The average Bonchev–Trinajstić information content (AvgIpc) is 2.66. The minimum atomic E-state index is -1.08. The van der Waals surface area contributed by atoms with Crippen molar-refractivity contribution in [2.75, 3.05) is 0 Å². The second-order valence-corrected chi connectivity index (χ2v) is 8.26. The Bertz CT molecular complexity index is 367. The molecule has 0 amide bonds. The zero-order chi connectivity index (χ0) is 39.8. The van der Waals surface area contributed by atoms with Crippen molar-refractivity contribution in [3.63, 3.8) is 0 Å². The maximum absolute atomic E-state index is 9.53. The Morgan fingerprint density at radius 3 is 0.333 bits per heavy atom. The van der Waals surface area contributed by atoms with Gasteiger partial charge in [-0.1, -0.05) is 83.1 Å². The molecule has 0 aliphatic carbocycles. The SMILES string of the molecule is CC(=O)[O-].CC(=O)[O-].CC(=O)[O-].CC(=O)[O-].CC(C)[O-].CC(C)[O-].CC(C)[O-].CC(C)[O-].CC(C)[O-].CC(C)[O-].[O-][O-].[O-][O-].[Pb+2].[Ti+4].[Ti+4].[Zr+4]. The van der Waals surface area contributed by atoms with Crippen LogP contribution in [0.2, 0.25) is 0 Å². The maximum Gasteiger partial charge on any atom is 4.00 e. The van der Waals surface area contributed by atoms with Crippen LogP contribution in [0.15, 0.2) is 0 Å². The second-order valence-electron chi connectivity index (χ2n) is 8.26. The molecule has 0 unspecified atom stereocenters. The van der Waals surface area contributed by atoms with E-state index in [2.05, 4.69) is 0 Å². The van der Waals surface area contributed by atoms with Crippen LogP contribution < -0.4 is 72.1 Å². The van der Waals surface area contributed by atoms with Crippen LogP contribution in [0.5, 0.6) is 0 Å². The Balaban J connectivity index is -0.0000000166. The zero-order valence-electron chi connectivity index (χ0n) is 30.8. The Labute approximate surface area is 356 Å². The number of hydrogen-bond donors (Lipinski definition) is 0. The van der Waals surface area contributed by atoms with Crippen molar-refractivity contribution in [2.45, 2.75) is 147 Å². The molecule has 22 heteroatoms. The number of carbonyl (C=O) groups is 4. The van der Waals surface area contributed by atoms with Gasteiger partial charge < -0.3 is 91.3 Å². The first-order chi connectivity index (χ1) is 19.3. The summed E-state index contributed by atoms with van der Waals surface area (Å²) in [5.74, 6) is -4.33. The molecule has 0 aliphatic heterocycles. The molecule has 282 valence electrons. The molecule has 0 N–H and O–H groups in total. The van der Waals surface area contributed by atoms with Crippen LogP contribution in [0.1, 0.15) is 111 Å². The van der Waals surface area contributed by atoms with Gasteiger partial charge in [-0.15, -0.1) is 36.6 Å². The summed E-state index contributed by atoms with van der Waals surface area (Å²) in [6, 6.07) is 0. The smallest absolute Gasteiger partial charge is 1.00 e. The van der Waals surface area contributed by atoms with Gasteiger partial charge in [0, 0.05) is 23.9 Å². The van der Waals surface area contributed by atoms with Gasteiger partial charge in [-0.05, 0) is 27.7 Å². The van der Waals surface area contributed by atoms with E-state index in [1.165, 1.54) is 0 Å². The first-order valence-electron chi connectivity index (χ1n) is 12.3. The molecule has 0 aromatic heterocycles. The molecule has 0 heterocycles. The molecule has 0 aromatic carbocycles. The van der Waals surface area contributed by atoms with E-state index < -0.39 is 60.5 Å². The summed E-state index contributed by atoms with van der Waals surface area (Å²) in [5.41, 5.74) is 0. The molecule has 0 rings (SSSR count). The van der Waals surface area contributed by atoms with E-state index in [4.69, 9.17) is 60.6 Å². The van der Waals surface area contributed by atoms with Gasteiger partial charge in [0.05, 0.1) is 0 Å². The fourth-order valence-corrected chi connectivity index (χ4v) is 0. The molecule has 48 heavy (non-hydrogen) atoms. The Hall–Kier alpha value is 0.714. The quantitative estimate of drug-likeness (QED) is 0.123. The molecule has 0 aliphatic rings. The number of carbonyl (C=O) groups excluding carboxylic acids is 4. The molecular weight excluding hydrogens is 994 g/mol. The molecule has 0 saturated carbocycles. The van der Waals surface area contributed by atoms with Gasteiger partial charge in [0.15, 0.2) is 0 Å². The number of carboxylic acids is 4. The third-order valence-corrected chi connectivity index (χ3v) is 0.